The van der Waals surface area contributed by atoms with Crippen LogP contribution in [0.1, 0.15) is 54.4 Å². The predicted molar refractivity (Wildman–Crippen MR) is 60.4 cm³/mol. The molecule has 0 aromatic rings. The Labute approximate surface area is 88.5 Å². The molecule has 1 unspecified atom stereocenters. The van der Waals surface area contributed by atoms with Gasteiger partial charge in [0.1, 0.15) is 0 Å². The highest BCUT2D eigenvalue weighted by atomic mass is 16.6. The Bertz CT molecular complexity index is 201. The average Bonchev–Trinajstić information content (AvgIpc) is 2.00. The summed E-state index contributed by atoms with van der Waals surface area (Å²) in [6.45, 7) is 13.0. The lowest BCUT2D eigenvalue weighted by Gasteiger charge is -2.43. The molecule has 1 atom stereocenters. The van der Waals surface area contributed by atoms with Crippen LogP contribution in [0.2, 0.25) is 5.31 Å². The van der Waals surface area contributed by atoms with Gasteiger partial charge in [0.25, 0.3) is 0 Å². The largest absolute Gasteiger partial charge is 0.463 e. The molecule has 0 bridgehead atoms. The molecule has 3 heteroatoms. The van der Waals surface area contributed by atoms with E-state index in [9.17, 15) is 0 Å². The normalized spacial score (nSPS) is 27.9. The molecule has 0 aromatic carbocycles. The molecule has 0 aliphatic carbocycles. The van der Waals surface area contributed by atoms with Crippen LogP contribution in [-0.2, 0) is 9.31 Å². The Hall–Kier alpha value is -0.0151. The molecule has 82 valence electrons. The third kappa shape index (κ3) is 2.74. The third-order valence-electron chi connectivity index (χ3n) is 3.11. The topological polar surface area (TPSA) is 18.5 Å². The molecule has 0 N–H and O–H groups in total. The van der Waals surface area contributed by atoms with Crippen LogP contribution in [0.15, 0.2) is 0 Å². The predicted octanol–water partition coefficient (Wildman–Crippen LogP) is 3.27. The van der Waals surface area contributed by atoms with Crippen molar-refractivity contribution in [2.45, 2.75) is 71.4 Å². The van der Waals surface area contributed by atoms with Crippen LogP contribution in [0.3, 0.4) is 0 Å². The molecule has 1 rings (SSSR count). The van der Waals surface area contributed by atoms with Crippen molar-refractivity contribution in [3.63, 3.8) is 0 Å². The Morgan fingerprint density at radius 2 is 2.00 bits per heavy atom. The first-order chi connectivity index (χ1) is 6.27. The van der Waals surface area contributed by atoms with Crippen molar-refractivity contribution in [3.8, 4) is 0 Å². The molecule has 0 amide bonds. The quantitative estimate of drug-likeness (QED) is 0.634. The van der Waals surface area contributed by atoms with Gasteiger partial charge in [-0.15, -0.1) is 0 Å². The van der Waals surface area contributed by atoms with Gasteiger partial charge >= 0.3 is 7.12 Å². The standard InChI is InChI=1S/C11H23BO2/c1-7-10(3,4)12-13-9(2)8-11(5,6)14-12/h9H,7-8H2,1-6H3. The van der Waals surface area contributed by atoms with Crippen molar-refractivity contribution in [3.05, 3.63) is 0 Å². The summed E-state index contributed by atoms with van der Waals surface area (Å²) >= 11 is 0. The molecule has 1 heterocycles. The number of rotatable bonds is 2. The van der Waals surface area contributed by atoms with Crippen LogP contribution in [0.25, 0.3) is 0 Å². The molecule has 1 fully saturated rings. The molecular formula is C11H23BO2. The summed E-state index contributed by atoms with van der Waals surface area (Å²) in [6.07, 6.45) is 2.35. The van der Waals surface area contributed by atoms with Gasteiger partial charge in [-0.2, -0.15) is 0 Å². The van der Waals surface area contributed by atoms with Crippen LogP contribution in [-0.4, -0.2) is 18.8 Å². The minimum Gasteiger partial charge on any atom is -0.408 e. The zero-order valence-corrected chi connectivity index (χ0v) is 10.4. The Balaban J connectivity index is 2.71. The van der Waals surface area contributed by atoms with Crippen LogP contribution in [0.4, 0.5) is 0 Å². The summed E-state index contributed by atoms with van der Waals surface area (Å²) in [4.78, 5) is 0. The van der Waals surface area contributed by atoms with Crippen molar-refractivity contribution in [1.82, 2.24) is 0 Å². The van der Waals surface area contributed by atoms with Gasteiger partial charge in [0.05, 0.1) is 5.60 Å². The summed E-state index contributed by atoms with van der Waals surface area (Å²) in [5.41, 5.74) is -0.0469. The first-order valence-electron chi connectivity index (χ1n) is 5.60. The highest BCUT2D eigenvalue weighted by Gasteiger charge is 2.45. The lowest BCUT2D eigenvalue weighted by atomic mass is 9.57. The number of hydrogen-bond acceptors (Lipinski definition) is 2. The summed E-state index contributed by atoms with van der Waals surface area (Å²) in [5.74, 6) is 0. The maximum Gasteiger partial charge on any atom is 0.463 e. The molecular weight excluding hydrogens is 175 g/mol. The number of hydrogen-bond donors (Lipinski definition) is 0. The van der Waals surface area contributed by atoms with Gasteiger partial charge in [0, 0.05) is 6.10 Å². The smallest absolute Gasteiger partial charge is 0.408 e. The van der Waals surface area contributed by atoms with Gasteiger partial charge in [-0.1, -0.05) is 27.2 Å². The summed E-state index contributed by atoms with van der Waals surface area (Å²) in [6, 6.07) is 0. The summed E-state index contributed by atoms with van der Waals surface area (Å²) < 4.78 is 11.8. The van der Waals surface area contributed by atoms with Crippen LogP contribution < -0.4 is 0 Å². The first-order valence-corrected chi connectivity index (χ1v) is 5.60. The fourth-order valence-electron chi connectivity index (χ4n) is 1.83. The zero-order chi connectivity index (χ0) is 11.0. The molecule has 0 spiro atoms. The fraction of sp³-hybridized carbons (Fsp3) is 1.00. The van der Waals surface area contributed by atoms with Crippen molar-refractivity contribution >= 4 is 7.12 Å². The highest BCUT2D eigenvalue weighted by molar-refractivity contribution is 6.48. The van der Waals surface area contributed by atoms with Crippen molar-refractivity contribution in [2.24, 2.45) is 0 Å². The Morgan fingerprint density at radius 1 is 1.43 bits per heavy atom. The second kappa shape index (κ2) is 3.86. The lowest BCUT2D eigenvalue weighted by molar-refractivity contribution is -0.0376. The maximum absolute atomic E-state index is 5.98. The third-order valence-corrected chi connectivity index (χ3v) is 3.11. The van der Waals surface area contributed by atoms with E-state index in [2.05, 4.69) is 41.5 Å². The molecule has 2 nitrogen and oxygen atoms in total. The van der Waals surface area contributed by atoms with Gasteiger partial charge in [-0.25, -0.2) is 0 Å². The van der Waals surface area contributed by atoms with Gasteiger partial charge in [0.15, 0.2) is 0 Å². The Kier molecular flexibility index (Phi) is 3.32. The van der Waals surface area contributed by atoms with E-state index < -0.39 is 0 Å². The Morgan fingerprint density at radius 3 is 2.43 bits per heavy atom. The SMILES string of the molecule is CCC(C)(C)B1OC(C)CC(C)(C)O1. The van der Waals surface area contributed by atoms with E-state index in [1.165, 1.54) is 0 Å². The summed E-state index contributed by atoms with van der Waals surface area (Å²) in [5, 5.41) is 0.103. The monoisotopic (exact) mass is 198 g/mol. The molecule has 14 heavy (non-hydrogen) atoms. The van der Waals surface area contributed by atoms with Crippen LogP contribution >= 0.6 is 0 Å². The fourth-order valence-corrected chi connectivity index (χ4v) is 1.83. The lowest BCUT2D eigenvalue weighted by Crippen LogP contribution is -2.50. The van der Waals surface area contributed by atoms with E-state index in [1.54, 1.807) is 0 Å². The van der Waals surface area contributed by atoms with Gasteiger partial charge in [0.2, 0.25) is 0 Å². The second-order valence-corrected chi connectivity index (χ2v) is 5.70. The molecule has 1 aliphatic heterocycles. The van der Waals surface area contributed by atoms with Gasteiger partial charge < -0.3 is 9.31 Å². The zero-order valence-electron chi connectivity index (χ0n) is 10.4. The van der Waals surface area contributed by atoms with Crippen molar-refractivity contribution < 1.29 is 9.31 Å². The van der Waals surface area contributed by atoms with Crippen LogP contribution in [0, 0.1) is 0 Å². The maximum atomic E-state index is 5.98. The van der Waals surface area contributed by atoms with Crippen LogP contribution in [0.5, 0.6) is 0 Å². The van der Waals surface area contributed by atoms with E-state index in [0.717, 1.165) is 12.8 Å². The van der Waals surface area contributed by atoms with Crippen molar-refractivity contribution in [1.29, 1.82) is 0 Å². The second-order valence-electron chi connectivity index (χ2n) is 5.70. The molecule has 0 radical (unpaired) electrons. The summed E-state index contributed by atoms with van der Waals surface area (Å²) in [7, 11) is -0.0637. The molecule has 0 saturated carbocycles. The van der Waals surface area contributed by atoms with E-state index in [1.807, 2.05) is 0 Å². The molecule has 1 aliphatic rings. The minimum absolute atomic E-state index is 0.0469. The van der Waals surface area contributed by atoms with Gasteiger partial charge in [-0.05, 0) is 32.5 Å². The first kappa shape index (κ1) is 12.1. The average molecular weight is 198 g/mol. The van der Waals surface area contributed by atoms with E-state index >= 15 is 0 Å². The highest BCUT2D eigenvalue weighted by Crippen LogP contribution is 2.39. The minimum atomic E-state index is -0.0637. The molecule has 0 aromatic heterocycles. The van der Waals surface area contributed by atoms with E-state index in [4.69, 9.17) is 9.31 Å². The van der Waals surface area contributed by atoms with Crippen molar-refractivity contribution in [2.75, 3.05) is 0 Å². The molecule has 1 saturated heterocycles. The van der Waals surface area contributed by atoms with Gasteiger partial charge in [-0.3, -0.25) is 0 Å². The van der Waals surface area contributed by atoms with E-state index in [-0.39, 0.29) is 18.0 Å². The van der Waals surface area contributed by atoms with E-state index in [0.29, 0.717) is 6.10 Å².